The van der Waals surface area contributed by atoms with Crippen molar-refractivity contribution >= 4 is 39.6 Å². The number of anilines is 1. The Balaban J connectivity index is 1.84. The largest absolute Gasteiger partial charge is 0.514 e. The number of nitrogens with one attached hydrogen (secondary N) is 2. The Bertz CT molecular complexity index is 1140. The molecular weight excluding hydrogens is 444 g/mol. The number of aromatic nitrogens is 2. The molecule has 2 aromatic heterocycles. The van der Waals surface area contributed by atoms with E-state index in [4.69, 9.17) is 19.9 Å². The van der Waals surface area contributed by atoms with E-state index in [1.807, 2.05) is 17.6 Å². The van der Waals surface area contributed by atoms with Crippen molar-refractivity contribution in [2.45, 2.75) is 65.2 Å². The van der Waals surface area contributed by atoms with Crippen LogP contribution in [0.15, 0.2) is 29.8 Å². The Labute approximate surface area is 196 Å². The van der Waals surface area contributed by atoms with Crippen molar-refractivity contribution in [2.75, 3.05) is 5.73 Å². The maximum atomic E-state index is 12.5. The second-order valence-electron chi connectivity index (χ2n) is 9.60. The summed E-state index contributed by atoms with van der Waals surface area (Å²) in [4.78, 5) is 32.1. The minimum absolute atomic E-state index is 0.354. The fourth-order valence-electron chi connectivity index (χ4n) is 3.12. The molecule has 0 saturated heterocycles. The normalized spacial score (nSPS) is 12.9. The molecule has 0 fully saturated rings. The van der Waals surface area contributed by atoms with Gasteiger partial charge in [-0.25, -0.2) is 14.6 Å². The van der Waals surface area contributed by atoms with Crippen LogP contribution in [-0.4, -0.2) is 33.4 Å². The van der Waals surface area contributed by atoms with Gasteiger partial charge in [-0.15, -0.1) is 11.3 Å². The third kappa shape index (κ3) is 7.11. The number of hydrogen-bond acceptors (Lipinski definition) is 8. The molecule has 0 radical (unpaired) electrons. The Morgan fingerprint density at radius 2 is 1.85 bits per heavy atom. The smallest absolute Gasteiger partial charge is 0.444 e. The maximum Gasteiger partial charge on any atom is 0.514 e. The maximum absolute atomic E-state index is 12.5. The number of nitrogens with zero attached hydrogens (tertiary/aromatic N) is 1. The quantitative estimate of drug-likeness (QED) is 0.337. The van der Waals surface area contributed by atoms with Crippen LogP contribution in [-0.2, 0) is 15.9 Å². The summed E-state index contributed by atoms with van der Waals surface area (Å²) in [6, 6.07) is 4.79. The van der Waals surface area contributed by atoms with Gasteiger partial charge in [0.15, 0.2) is 5.13 Å². The number of nitrogen functional groups attached to an aromatic ring is 1. The fraction of sp³-hybridized carbons (Fsp3) is 0.435. The Kier molecular flexibility index (Phi) is 6.87. The van der Waals surface area contributed by atoms with E-state index in [-0.39, 0.29) is 0 Å². The lowest BCUT2D eigenvalue weighted by molar-refractivity contribution is 0.0206. The van der Waals surface area contributed by atoms with Gasteiger partial charge in [0.25, 0.3) is 0 Å². The van der Waals surface area contributed by atoms with E-state index >= 15 is 0 Å². The molecule has 2 heterocycles. The number of hydrogen-bond donors (Lipinski definition) is 3. The van der Waals surface area contributed by atoms with E-state index in [9.17, 15) is 9.59 Å². The van der Waals surface area contributed by atoms with Crippen molar-refractivity contribution in [3.05, 3.63) is 41.0 Å². The number of ether oxygens (including phenoxy) is 3. The zero-order valence-electron chi connectivity index (χ0n) is 19.6. The first-order chi connectivity index (χ1) is 15.3. The SMILES string of the molecule is CC(C)(C)OC(=O)NC(Cc1c[nH]c2ccc(OC(=O)OC(C)(C)C)cc12)c1csc(N)n1. The lowest BCUT2D eigenvalue weighted by atomic mass is 10.0. The number of benzene rings is 1. The standard InChI is InChI=1S/C23H30N4O5S/c1-22(2,3)31-20(28)27-17(18-12-33-19(24)26-18)9-13-11-25-16-8-7-14(10-15(13)16)30-21(29)32-23(4,5)6/h7-8,10-12,17,25H,9H2,1-6H3,(H2,24,26)(H,27,28). The molecule has 0 aliphatic rings. The molecule has 0 aliphatic heterocycles. The van der Waals surface area contributed by atoms with E-state index in [0.717, 1.165) is 16.5 Å². The Morgan fingerprint density at radius 3 is 2.45 bits per heavy atom. The van der Waals surface area contributed by atoms with E-state index in [1.54, 1.807) is 53.7 Å². The molecule has 1 unspecified atom stereocenters. The van der Waals surface area contributed by atoms with E-state index in [1.165, 1.54) is 11.3 Å². The summed E-state index contributed by atoms with van der Waals surface area (Å²) in [5.41, 5.74) is 6.92. The van der Waals surface area contributed by atoms with Gasteiger partial charge in [0.2, 0.25) is 0 Å². The fourth-order valence-corrected chi connectivity index (χ4v) is 3.73. The second kappa shape index (κ2) is 9.30. The molecule has 1 amide bonds. The minimum Gasteiger partial charge on any atom is -0.444 e. The van der Waals surface area contributed by atoms with Gasteiger partial charge in [-0.2, -0.15) is 0 Å². The van der Waals surface area contributed by atoms with Gasteiger partial charge in [-0.3, -0.25) is 0 Å². The molecule has 3 rings (SSSR count). The average Bonchev–Trinajstić information content (AvgIpc) is 3.24. The van der Waals surface area contributed by atoms with E-state index < -0.39 is 29.5 Å². The number of amides is 1. The highest BCUT2D eigenvalue weighted by Gasteiger charge is 2.24. The molecule has 1 atom stereocenters. The van der Waals surface area contributed by atoms with E-state index in [2.05, 4.69) is 15.3 Å². The lowest BCUT2D eigenvalue weighted by Crippen LogP contribution is -2.35. The summed E-state index contributed by atoms with van der Waals surface area (Å²) in [6.07, 6.45) is 0.939. The molecule has 10 heteroatoms. The van der Waals surface area contributed by atoms with Crippen LogP contribution in [0.25, 0.3) is 10.9 Å². The van der Waals surface area contributed by atoms with Gasteiger partial charge in [0.1, 0.15) is 17.0 Å². The molecule has 3 aromatic rings. The van der Waals surface area contributed by atoms with Gasteiger partial charge in [-0.1, -0.05) is 0 Å². The molecule has 0 aliphatic carbocycles. The first-order valence-corrected chi connectivity index (χ1v) is 11.4. The molecule has 0 saturated carbocycles. The average molecular weight is 475 g/mol. The number of H-pyrrole nitrogens is 1. The van der Waals surface area contributed by atoms with Crippen molar-refractivity contribution in [2.24, 2.45) is 0 Å². The van der Waals surface area contributed by atoms with Crippen molar-refractivity contribution in [3.8, 4) is 5.75 Å². The highest BCUT2D eigenvalue weighted by atomic mass is 32.1. The molecule has 0 bridgehead atoms. The number of fused-ring (bicyclic) bond motifs is 1. The number of rotatable bonds is 5. The number of nitrogens with two attached hydrogens (primary N) is 1. The van der Waals surface area contributed by atoms with E-state index in [0.29, 0.717) is 23.0 Å². The van der Waals surface area contributed by atoms with Crippen LogP contribution in [0.1, 0.15) is 58.8 Å². The zero-order chi connectivity index (χ0) is 24.4. The molecule has 9 nitrogen and oxygen atoms in total. The monoisotopic (exact) mass is 474 g/mol. The summed E-state index contributed by atoms with van der Waals surface area (Å²) in [5.74, 6) is 0.354. The Morgan fingerprint density at radius 1 is 1.15 bits per heavy atom. The predicted molar refractivity (Wildman–Crippen MR) is 128 cm³/mol. The molecule has 178 valence electrons. The van der Waals surface area contributed by atoms with Crippen LogP contribution >= 0.6 is 11.3 Å². The lowest BCUT2D eigenvalue weighted by Gasteiger charge is -2.23. The van der Waals surface area contributed by atoms with Gasteiger partial charge >= 0.3 is 12.2 Å². The van der Waals surface area contributed by atoms with Crippen LogP contribution in [0.2, 0.25) is 0 Å². The van der Waals surface area contributed by atoms with Gasteiger partial charge in [0.05, 0.1) is 11.7 Å². The van der Waals surface area contributed by atoms with Crippen LogP contribution in [0.4, 0.5) is 14.7 Å². The van der Waals surface area contributed by atoms with Crippen molar-refractivity contribution in [1.82, 2.24) is 15.3 Å². The first kappa shape index (κ1) is 24.4. The minimum atomic E-state index is -0.777. The summed E-state index contributed by atoms with van der Waals surface area (Å²) in [7, 11) is 0. The van der Waals surface area contributed by atoms with Crippen molar-refractivity contribution in [1.29, 1.82) is 0 Å². The van der Waals surface area contributed by atoms with Crippen LogP contribution in [0.3, 0.4) is 0 Å². The topological polar surface area (TPSA) is 129 Å². The Hall–Kier alpha value is -3.27. The number of aromatic amines is 1. The summed E-state index contributed by atoms with van der Waals surface area (Å²) in [6.45, 7) is 10.7. The van der Waals surface area contributed by atoms with Crippen molar-refractivity contribution in [3.63, 3.8) is 0 Å². The van der Waals surface area contributed by atoms with Gasteiger partial charge in [0, 0.05) is 28.9 Å². The zero-order valence-corrected chi connectivity index (χ0v) is 20.5. The summed E-state index contributed by atoms with van der Waals surface area (Å²) < 4.78 is 16.0. The first-order valence-electron chi connectivity index (χ1n) is 10.5. The van der Waals surface area contributed by atoms with Crippen LogP contribution in [0, 0.1) is 0 Å². The number of carbonyl (C=O) groups excluding carboxylic acids is 2. The number of alkyl carbamates (subject to hydrolysis) is 1. The second-order valence-corrected chi connectivity index (χ2v) is 10.5. The third-order valence-electron chi connectivity index (χ3n) is 4.34. The number of carbonyl (C=O) groups is 2. The van der Waals surface area contributed by atoms with Gasteiger partial charge < -0.3 is 30.2 Å². The molecule has 0 spiro atoms. The third-order valence-corrected chi connectivity index (χ3v) is 5.03. The molecule has 4 N–H and O–H groups in total. The number of thiazole rings is 1. The summed E-state index contributed by atoms with van der Waals surface area (Å²) in [5, 5.41) is 5.95. The summed E-state index contributed by atoms with van der Waals surface area (Å²) >= 11 is 1.30. The van der Waals surface area contributed by atoms with Gasteiger partial charge in [-0.05, 0) is 65.3 Å². The van der Waals surface area contributed by atoms with Crippen LogP contribution in [0.5, 0.6) is 5.75 Å². The molecular formula is C23H30N4O5S. The van der Waals surface area contributed by atoms with Crippen LogP contribution < -0.4 is 15.8 Å². The molecule has 33 heavy (non-hydrogen) atoms. The van der Waals surface area contributed by atoms with Crippen molar-refractivity contribution < 1.29 is 23.8 Å². The highest BCUT2D eigenvalue weighted by Crippen LogP contribution is 2.29. The highest BCUT2D eigenvalue weighted by molar-refractivity contribution is 7.13. The predicted octanol–water partition coefficient (Wildman–Crippen LogP) is 5.33. The molecule has 1 aromatic carbocycles.